The maximum Gasteiger partial charge on any atom is 0.170 e. The van der Waals surface area contributed by atoms with Gasteiger partial charge in [-0.25, -0.2) is 4.39 Å². The number of benzene rings is 1. The molecular weight excluding hydrogens is 367 g/mol. The number of hydrogen-bond donors (Lipinski definition) is 2. The number of aromatic nitrogens is 2. The molecule has 1 aromatic carbocycles. The van der Waals surface area contributed by atoms with Crippen molar-refractivity contribution >= 4 is 38.9 Å². The van der Waals surface area contributed by atoms with Crippen molar-refractivity contribution in [1.82, 2.24) is 15.1 Å². The number of rotatable bonds is 5. The smallest absolute Gasteiger partial charge is 0.170 e. The lowest BCUT2D eigenvalue weighted by atomic mass is 10.3. The summed E-state index contributed by atoms with van der Waals surface area (Å²) in [5.74, 6) is -0.320. The van der Waals surface area contributed by atoms with Crippen molar-refractivity contribution in [3.63, 3.8) is 0 Å². The lowest BCUT2D eigenvalue weighted by molar-refractivity contribution is 0.558. The quantitative estimate of drug-likeness (QED) is 0.607. The molecule has 0 aliphatic carbocycles. The topological polar surface area (TPSA) is 41.9 Å². The summed E-state index contributed by atoms with van der Waals surface area (Å²) in [6.45, 7) is 5.49. The SMILES string of the molecule is Cc1nn(CCCNC(=S)Nc2ccccc2F)c(C)c1Br. The molecule has 0 atom stereocenters. The number of thiocarbonyl (C=S) groups is 1. The number of nitrogens with zero attached hydrogens (tertiary/aromatic N) is 2. The molecule has 0 spiro atoms. The summed E-state index contributed by atoms with van der Waals surface area (Å²) >= 11 is 8.67. The van der Waals surface area contributed by atoms with Gasteiger partial charge in [0.1, 0.15) is 5.82 Å². The molecule has 2 aromatic rings. The Hall–Kier alpha value is -1.47. The third-order valence-corrected chi connectivity index (χ3v) is 4.64. The Balaban J connectivity index is 1.76. The van der Waals surface area contributed by atoms with E-state index in [-0.39, 0.29) is 5.82 Å². The van der Waals surface area contributed by atoms with E-state index in [4.69, 9.17) is 12.2 Å². The van der Waals surface area contributed by atoms with E-state index in [1.165, 1.54) is 6.07 Å². The predicted molar refractivity (Wildman–Crippen MR) is 94.6 cm³/mol. The first-order chi connectivity index (χ1) is 10.5. The van der Waals surface area contributed by atoms with Gasteiger partial charge in [-0.05, 0) is 60.5 Å². The highest BCUT2D eigenvalue weighted by atomic mass is 79.9. The molecule has 1 heterocycles. The summed E-state index contributed by atoms with van der Waals surface area (Å²) in [5, 5.41) is 10.8. The van der Waals surface area contributed by atoms with Crippen LogP contribution in [0.3, 0.4) is 0 Å². The van der Waals surface area contributed by atoms with Crippen LogP contribution in [-0.2, 0) is 6.54 Å². The van der Waals surface area contributed by atoms with Gasteiger partial charge in [0.05, 0.1) is 15.9 Å². The van der Waals surface area contributed by atoms with Gasteiger partial charge in [-0.15, -0.1) is 0 Å². The van der Waals surface area contributed by atoms with Crippen LogP contribution in [0.4, 0.5) is 10.1 Å². The molecule has 0 saturated carbocycles. The van der Waals surface area contributed by atoms with Gasteiger partial charge in [-0.1, -0.05) is 12.1 Å². The van der Waals surface area contributed by atoms with Crippen molar-refractivity contribution in [3.05, 3.63) is 45.9 Å². The van der Waals surface area contributed by atoms with E-state index < -0.39 is 0 Å². The lowest BCUT2D eigenvalue weighted by Crippen LogP contribution is -2.30. The number of halogens is 2. The third-order valence-electron chi connectivity index (χ3n) is 3.25. The fourth-order valence-corrected chi connectivity index (χ4v) is 2.55. The Morgan fingerprint density at radius 1 is 1.36 bits per heavy atom. The fraction of sp³-hybridized carbons (Fsp3) is 0.333. The largest absolute Gasteiger partial charge is 0.362 e. The van der Waals surface area contributed by atoms with Crippen molar-refractivity contribution in [1.29, 1.82) is 0 Å². The summed E-state index contributed by atoms with van der Waals surface area (Å²) in [4.78, 5) is 0. The van der Waals surface area contributed by atoms with Crippen LogP contribution in [0.1, 0.15) is 17.8 Å². The lowest BCUT2D eigenvalue weighted by Gasteiger charge is -2.11. The van der Waals surface area contributed by atoms with Crippen molar-refractivity contribution < 1.29 is 4.39 Å². The van der Waals surface area contributed by atoms with Crippen LogP contribution in [0.2, 0.25) is 0 Å². The zero-order chi connectivity index (χ0) is 16.1. The Bertz CT molecular complexity index is 672. The van der Waals surface area contributed by atoms with E-state index in [0.29, 0.717) is 17.3 Å². The number of para-hydroxylation sites is 1. The van der Waals surface area contributed by atoms with Crippen molar-refractivity contribution in [2.45, 2.75) is 26.8 Å². The van der Waals surface area contributed by atoms with Gasteiger partial charge in [0.15, 0.2) is 5.11 Å². The minimum atomic E-state index is -0.320. The molecule has 4 nitrogen and oxygen atoms in total. The molecule has 2 N–H and O–H groups in total. The highest BCUT2D eigenvalue weighted by Gasteiger charge is 2.08. The van der Waals surface area contributed by atoms with Gasteiger partial charge in [-0.2, -0.15) is 5.10 Å². The molecule has 0 aliphatic heterocycles. The van der Waals surface area contributed by atoms with Crippen LogP contribution in [0.5, 0.6) is 0 Å². The fourth-order valence-electron chi connectivity index (χ4n) is 2.05. The highest BCUT2D eigenvalue weighted by Crippen LogP contribution is 2.19. The Kier molecular flexibility index (Phi) is 5.90. The molecule has 0 fully saturated rings. The first-order valence-electron chi connectivity index (χ1n) is 6.98. The summed E-state index contributed by atoms with van der Waals surface area (Å²) in [5.41, 5.74) is 2.48. The molecular formula is C15H18BrFN4S. The van der Waals surface area contributed by atoms with Gasteiger partial charge < -0.3 is 10.6 Å². The highest BCUT2D eigenvalue weighted by molar-refractivity contribution is 9.10. The van der Waals surface area contributed by atoms with Crippen LogP contribution in [-0.4, -0.2) is 21.4 Å². The number of anilines is 1. The Morgan fingerprint density at radius 3 is 2.73 bits per heavy atom. The van der Waals surface area contributed by atoms with E-state index >= 15 is 0 Å². The molecule has 0 unspecified atom stereocenters. The molecule has 22 heavy (non-hydrogen) atoms. The standard InChI is InChI=1S/C15H18BrFN4S/c1-10-14(16)11(2)21(20-10)9-5-8-18-15(22)19-13-7-4-3-6-12(13)17/h3-4,6-7H,5,8-9H2,1-2H3,(H2,18,19,22). The molecule has 2 rings (SSSR count). The molecule has 1 aromatic heterocycles. The van der Waals surface area contributed by atoms with Gasteiger partial charge in [0.2, 0.25) is 0 Å². The molecule has 0 radical (unpaired) electrons. The molecule has 118 valence electrons. The molecule has 0 bridgehead atoms. The second kappa shape index (κ2) is 7.69. The molecule has 0 saturated heterocycles. The zero-order valence-electron chi connectivity index (χ0n) is 12.5. The Labute approximate surface area is 143 Å². The van der Waals surface area contributed by atoms with E-state index in [9.17, 15) is 4.39 Å². The van der Waals surface area contributed by atoms with Gasteiger partial charge in [-0.3, -0.25) is 4.68 Å². The first kappa shape index (κ1) is 16.9. The van der Waals surface area contributed by atoms with E-state index in [0.717, 1.165) is 28.8 Å². The second-order valence-electron chi connectivity index (χ2n) is 4.92. The number of hydrogen-bond acceptors (Lipinski definition) is 2. The maximum atomic E-state index is 13.5. The van der Waals surface area contributed by atoms with Crippen LogP contribution in [0.15, 0.2) is 28.7 Å². The van der Waals surface area contributed by atoms with Crippen LogP contribution in [0, 0.1) is 19.7 Å². The molecule has 7 heteroatoms. The molecule has 0 amide bonds. The number of aryl methyl sites for hydroxylation is 2. The average molecular weight is 385 g/mol. The van der Waals surface area contributed by atoms with Gasteiger partial charge in [0, 0.05) is 18.8 Å². The minimum Gasteiger partial charge on any atom is -0.362 e. The van der Waals surface area contributed by atoms with Crippen LogP contribution in [0.25, 0.3) is 0 Å². The second-order valence-corrected chi connectivity index (χ2v) is 6.12. The van der Waals surface area contributed by atoms with E-state index in [1.807, 2.05) is 18.5 Å². The van der Waals surface area contributed by atoms with Crippen LogP contribution >= 0.6 is 28.1 Å². The van der Waals surface area contributed by atoms with Crippen LogP contribution < -0.4 is 10.6 Å². The minimum absolute atomic E-state index is 0.320. The summed E-state index contributed by atoms with van der Waals surface area (Å²) in [7, 11) is 0. The first-order valence-corrected chi connectivity index (χ1v) is 8.18. The average Bonchev–Trinajstić information content (AvgIpc) is 2.73. The van der Waals surface area contributed by atoms with E-state index in [2.05, 4.69) is 31.7 Å². The van der Waals surface area contributed by atoms with Crippen molar-refractivity contribution in [2.75, 3.05) is 11.9 Å². The third kappa shape index (κ3) is 4.27. The van der Waals surface area contributed by atoms with Gasteiger partial charge >= 0.3 is 0 Å². The predicted octanol–water partition coefficient (Wildman–Crippen LogP) is 3.78. The normalized spacial score (nSPS) is 10.5. The summed E-state index contributed by atoms with van der Waals surface area (Å²) in [6, 6.07) is 6.45. The summed E-state index contributed by atoms with van der Waals surface area (Å²) in [6.07, 6.45) is 0.869. The maximum absolute atomic E-state index is 13.5. The van der Waals surface area contributed by atoms with Gasteiger partial charge in [0.25, 0.3) is 0 Å². The van der Waals surface area contributed by atoms with Crippen molar-refractivity contribution in [3.8, 4) is 0 Å². The summed E-state index contributed by atoms with van der Waals surface area (Å²) < 4.78 is 16.5. The molecule has 0 aliphatic rings. The Morgan fingerprint density at radius 2 is 2.09 bits per heavy atom. The zero-order valence-corrected chi connectivity index (χ0v) is 14.9. The van der Waals surface area contributed by atoms with Crippen molar-refractivity contribution in [2.24, 2.45) is 0 Å². The van der Waals surface area contributed by atoms with E-state index in [1.54, 1.807) is 18.2 Å². The number of nitrogens with one attached hydrogen (secondary N) is 2. The monoisotopic (exact) mass is 384 g/mol.